The summed E-state index contributed by atoms with van der Waals surface area (Å²) in [6.07, 6.45) is 45.8. The molecule has 0 spiro atoms. The summed E-state index contributed by atoms with van der Waals surface area (Å²) < 4.78 is 54.5. The van der Waals surface area contributed by atoms with Crippen molar-refractivity contribution in [2.75, 3.05) is 19.0 Å². The Kier molecular flexibility index (Phi) is 46.0. The summed E-state index contributed by atoms with van der Waals surface area (Å²) in [5.41, 5.74) is 0. The summed E-state index contributed by atoms with van der Waals surface area (Å²) in [5.74, 6) is -1.95. The van der Waals surface area contributed by atoms with Crippen molar-refractivity contribution in [2.45, 2.75) is 340 Å². The Balaban J connectivity index is 2.27. The zero-order valence-electron chi connectivity index (χ0n) is 45.9. The van der Waals surface area contributed by atoms with E-state index in [9.17, 15) is 37.9 Å². The maximum atomic E-state index is 12.9. The van der Waals surface area contributed by atoms with Crippen LogP contribution in [0, 0.1) is 0 Å². The first-order valence-electron chi connectivity index (χ1n) is 30.1. The first-order chi connectivity index (χ1) is 34.5. The first-order valence-corrected chi connectivity index (χ1v) is 31.7. The van der Waals surface area contributed by atoms with Crippen LogP contribution in [0.15, 0.2) is 0 Å². The van der Waals surface area contributed by atoms with Gasteiger partial charge in [0.25, 0.3) is 10.1 Å². The van der Waals surface area contributed by atoms with Gasteiger partial charge in [-0.05, 0) is 12.8 Å². The van der Waals surface area contributed by atoms with E-state index in [-0.39, 0.29) is 19.4 Å². The molecule has 0 bridgehead atoms. The van der Waals surface area contributed by atoms with Gasteiger partial charge >= 0.3 is 11.9 Å². The molecule has 1 aliphatic heterocycles. The Bertz CT molecular complexity index is 1300. The van der Waals surface area contributed by atoms with E-state index in [4.69, 9.17) is 18.9 Å². The van der Waals surface area contributed by atoms with Gasteiger partial charge in [0.15, 0.2) is 12.4 Å². The number of hydrogen-bond acceptors (Lipinski definition) is 11. The second-order valence-corrected chi connectivity index (χ2v) is 22.9. The lowest BCUT2D eigenvalue weighted by molar-refractivity contribution is -0.297. The summed E-state index contributed by atoms with van der Waals surface area (Å²) in [6.45, 7) is 3.85. The van der Waals surface area contributed by atoms with Crippen molar-refractivity contribution < 1.29 is 56.8 Å². The van der Waals surface area contributed by atoms with Crippen molar-refractivity contribution >= 4 is 22.1 Å². The molecule has 13 heteroatoms. The third-order valence-corrected chi connectivity index (χ3v) is 15.2. The molecular formula is C58H112O12S. The number of carbonyl (C=O) groups excluding carboxylic acids is 2. The first kappa shape index (κ1) is 67.7. The number of hydrogen-bond donors (Lipinski definition) is 4. The smallest absolute Gasteiger partial charge is 0.306 e. The summed E-state index contributed by atoms with van der Waals surface area (Å²) in [7, 11) is -4.60. The van der Waals surface area contributed by atoms with E-state index < -0.39 is 71.2 Å². The molecule has 2 unspecified atom stereocenters. The highest BCUT2D eigenvalue weighted by molar-refractivity contribution is 7.85. The molecule has 422 valence electrons. The molecule has 1 heterocycles. The highest BCUT2D eigenvalue weighted by atomic mass is 32.2. The molecule has 1 saturated heterocycles. The van der Waals surface area contributed by atoms with Gasteiger partial charge in [0.1, 0.15) is 36.8 Å². The van der Waals surface area contributed by atoms with Crippen LogP contribution in [0.5, 0.6) is 0 Å². The fourth-order valence-electron chi connectivity index (χ4n) is 9.80. The second-order valence-electron chi connectivity index (χ2n) is 21.4. The minimum Gasteiger partial charge on any atom is -0.462 e. The summed E-state index contributed by atoms with van der Waals surface area (Å²) in [6, 6.07) is 0. The van der Waals surface area contributed by atoms with Crippen LogP contribution < -0.4 is 0 Å². The molecule has 1 aliphatic rings. The fourth-order valence-corrected chi connectivity index (χ4v) is 10.5. The third kappa shape index (κ3) is 42.6. The van der Waals surface area contributed by atoms with E-state index in [0.717, 1.165) is 38.5 Å². The number of ether oxygens (including phenoxy) is 4. The summed E-state index contributed by atoms with van der Waals surface area (Å²) in [5, 5.41) is 31.1. The van der Waals surface area contributed by atoms with E-state index in [1.165, 1.54) is 225 Å². The zero-order chi connectivity index (χ0) is 51.9. The van der Waals surface area contributed by atoms with Gasteiger partial charge < -0.3 is 34.3 Å². The monoisotopic (exact) mass is 1030 g/mol. The van der Waals surface area contributed by atoms with Crippen molar-refractivity contribution in [2.24, 2.45) is 0 Å². The van der Waals surface area contributed by atoms with Crippen LogP contribution in [0.4, 0.5) is 0 Å². The van der Waals surface area contributed by atoms with Crippen LogP contribution in [0.2, 0.25) is 0 Å². The van der Waals surface area contributed by atoms with Gasteiger partial charge in [-0.25, -0.2) is 0 Å². The van der Waals surface area contributed by atoms with Gasteiger partial charge in [-0.3, -0.25) is 14.1 Å². The van der Waals surface area contributed by atoms with Crippen molar-refractivity contribution in [3.05, 3.63) is 0 Å². The molecule has 4 N–H and O–H groups in total. The van der Waals surface area contributed by atoms with Gasteiger partial charge in [-0.1, -0.05) is 277 Å². The zero-order valence-corrected chi connectivity index (χ0v) is 46.7. The van der Waals surface area contributed by atoms with Crippen LogP contribution in [0.3, 0.4) is 0 Å². The molecule has 0 aromatic rings. The van der Waals surface area contributed by atoms with Crippen molar-refractivity contribution in [3.63, 3.8) is 0 Å². The molecule has 1 fully saturated rings. The molecule has 1 rings (SSSR count). The third-order valence-electron chi connectivity index (χ3n) is 14.4. The predicted octanol–water partition coefficient (Wildman–Crippen LogP) is 14.7. The van der Waals surface area contributed by atoms with Gasteiger partial charge in [0, 0.05) is 12.8 Å². The Morgan fingerprint density at radius 3 is 1.03 bits per heavy atom. The molecule has 0 aliphatic carbocycles. The molecule has 0 radical (unpaired) electrons. The van der Waals surface area contributed by atoms with Gasteiger partial charge in [-0.2, -0.15) is 8.42 Å². The number of carbonyl (C=O) groups is 2. The van der Waals surface area contributed by atoms with E-state index in [1.54, 1.807) is 0 Å². The summed E-state index contributed by atoms with van der Waals surface area (Å²) in [4.78, 5) is 25.6. The van der Waals surface area contributed by atoms with Crippen LogP contribution in [0.25, 0.3) is 0 Å². The Morgan fingerprint density at radius 1 is 0.423 bits per heavy atom. The topological polar surface area (TPSA) is 186 Å². The molecule has 0 aromatic heterocycles. The molecule has 6 atom stereocenters. The lowest BCUT2D eigenvalue weighted by atomic mass is 10.00. The molecule has 71 heavy (non-hydrogen) atoms. The molecular weight excluding hydrogens is 921 g/mol. The largest absolute Gasteiger partial charge is 0.462 e. The minimum atomic E-state index is -4.60. The molecule has 12 nitrogen and oxygen atoms in total. The van der Waals surface area contributed by atoms with Crippen molar-refractivity contribution in [3.8, 4) is 0 Å². The number of aliphatic hydroxyl groups excluding tert-OH is 3. The number of rotatable bonds is 53. The predicted molar refractivity (Wildman–Crippen MR) is 289 cm³/mol. The summed E-state index contributed by atoms with van der Waals surface area (Å²) >= 11 is 0. The minimum absolute atomic E-state index is 0.174. The molecule has 0 aromatic carbocycles. The maximum Gasteiger partial charge on any atom is 0.306 e. The van der Waals surface area contributed by atoms with Gasteiger partial charge in [-0.15, -0.1) is 0 Å². The highest BCUT2D eigenvalue weighted by Gasteiger charge is 2.46. The maximum absolute atomic E-state index is 12.9. The van der Waals surface area contributed by atoms with Gasteiger partial charge in [0.05, 0.1) is 6.61 Å². The Hall–Kier alpha value is -1.35. The van der Waals surface area contributed by atoms with E-state index in [2.05, 4.69) is 13.8 Å². The lowest BCUT2D eigenvalue weighted by Gasteiger charge is -2.40. The van der Waals surface area contributed by atoms with E-state index in [1.807, 2.05) is 0 Å². The van der Waals surface area contributed by atoms with Gasteiger partial charge in [0.2, 0.25) is 0 Å². The standard InChI is InChI=1S/C58H112O12S/c1-3-5-7-9-11-13-15-17-19-21-23-25-27-29-31-33-35-37-39-41-43-45-47-54(60)69-51(49-68-58-57(63)56(62)55(61)52(70-58)50-71(64,65)66)48-67-53(59)46-44-42-40-38-36-34-32-30-28-26-24-22-20-18-16-14-12-10-8-6-4-2/h51-52,55-58,61-63H,3-50H2,1-2H3,(H,64,65,66)/t51-,52-,55-,56?,57?,58+/m1/s1. The normalized spacial score (nSPS) is 18.8. The number of esters is 2. The fraction of sp³-hybridized carbons (Fsp3) is 0.966. The average molecular weight is 1030 g/mol. The Morgan fingerprint density at radius 2 is 0.718 bits per heavy atom. The van der Waals surface area contributed by atoms with Crippen molar-refractivity contribution in [1.82, 2.24) is 0 Å². The number of unbranched alkanes of at least 4 members (excludes halogenated alkanes) is 41. The van der Waals surface area contributed by atoms with Crippen LogP contribution in [-0.2, 0) is 38.7 Å². The highest BCUT2D eigenvalue weighted by Crippen LogP contribution is 2.24. The number of aliphatic hydroxyl groups is 3. The van der Waals surface area contributed by atoms with Crippen molar-refractivity contribution in [1.29, 1.82) is 0 Å². The second kappa shape index (κ2) is 48.3. The average Bonchev–Trinajstić information content (AvgIpc) is 3.34. The van der Waals surface area contributed by atoms with E-state index >= 15 is 0 Å². The lowest BCUT2D eigenvalue weighted by Crippen LogP contribution is -2.60. The van der Waals surface area contributed by atoms with Crippen LogP contribution in [-0.4, -0.2) is 96.0 Å². The Labute approximate surface area is 435 Å². The SMILES string of the molecule is CCCCCCCCCCCCCCCCCCCCCCCCC(=O)O[C@H](COC(=O)CCCCCCCCCCCCCCCCCCCCCCC)CO[C@H]1O[C@H](CS(=O)(=O)O)[C@@H](O)C(O)C1O. The van der Waals surface area contributed by atoms with Crippen LogP contribution in [0.1, 0.15) is 303 Å². The quantitative estimate of drug-likeness (QED) is 0.0257. The van der Waals surface area contributed by atoms with Crippen LogP contribution >= 0.6 is 0 Å². The molecule has 0 saturated carbocycles. The molecule has 0 amide bonds. The van der Waals surface area contributed by atoms with E-state index in [0.29, 0.717) is 12.8 Å².